The maximum absolute atomic E-state index is 11.8. The van der Waals surface area contributed by atoms with Crippen LogP contribution in [0, 0.1) is 11.3 Å². The minimum absolute atomic E-state index is 0.857. The molecule has 6 heteroatoms. The summed E-state index contributed by atoms with van der Waals surface area (Å²) in [4.78, 5) is 10.1. The largest absolute Gasteiger partial charge is 0.452 e. The monoisotopic (exact) mass is 181 g/mol. The maximum Gasteiger partial charge on any atom is 0.426 e. The number of halogens is 3. The molecule has 0 amide bonds. The molecule has 3 nitrogen and oxygen atoms in total. The highest BCUT2D eigenvalue weighted by atomic mass is 19.4. The van der Waals surface area contributed by atoms with E-state index in [9.17, 15) is 18.0 Å². The second kappa shape index (κ2) is 3.95. The molecular formula is C6H6F3NO2. The quantitative estimate of drug-likeness (QED) is 0.605. The van der Waals surface area contributed by atoms with Gasteiger partial charge < -0.3 is 4.74 Å². The van der Waals surface area contributed by atoms with Crippen LogP contribution < -0.4 is 0 Å². The zero-order valence-corrected chi connectivity index (χ0v) is 6.18. The molecule has 68 valence electrons. The molecule has 0 saturated carbocycles. The maximum atomic E-state index is 11.8. The first-order valence-corrected chi connectivity index (χ1v) is 2.98. The highest BCUT2D eigenvalue weighted by molar-refractivity contribution is 5.66. The number of ether oxygens (including phenoxy) is 1. The summed E-state index contributed by atoms with van der Waals surface area (Å²) >= 11 is 0. The first kappa shape index (κ1) is 10.8. The third-order valence-electron chi connectivity index (χ3n) is 0.950. The number of alkyl halides is 3. The fraction of sp³-hybridized carbons (Fsp3) is 0.667. The summed E-state index contributed by atoms with van der Waals surface area (Å²) < 4.78 is 39.4. The van der Waals surface area contributed by atoms with Crippen molar-refractivity contribution in [3.8, 4) is 6.07 Å². The molecule has 0 aromatic carbocycles. The minimum atomic E-state index is -4.67. The normalized spacial score (nSPS) is 13.2. The van der Waals surface area contributed by atoms with Gasteiger partial charge in [-0.1, -0.05) is 0 Å². The fourth-order valence-corrected chi connectivity index (χ4v) is 0.507. The van der Waals surface area contributed by atoms with Gasteiger partial charge in [0.15, 0.2) is 0 Å². The van der Waals surface area contributed by atoms with Gasteiger partial charge >= 0.3 is 12.1 Å². The van der Waals surface area contributed by atoms with E-state index in [0.717, 1.165) is 6.92 Å². The van der Waals surface area contributed by atoms with Crippen molar-refractivity contribution < 1.29 is 22.7 Å². The summed E-state index contributed by atoms with van der Waals surface area (Å²) in [6.45, 7) is 0.857. The Bertz CT molecular complexity index is 206. The van der Waals surface area contributed by atoms with Gasteiger partial charge in [-0.05, 0) is 0 Å². The molecule has 0 fully saturated rings. The van der Waals surface area contributed by atoms with Crippen LogP contribution in [0.5, 0.6) is 0 Å². The molecular weight excluding hydrogens is 175 g/mol. The molecule has 0 aliphatic heterocycles. The molecule has 0 aliphatic carbocycles. The van der Waals surface area contributed by atoms with Crippen molar-refractivity contribution in [3.63, 3.8) is 0 Å². The van der Waals surface area contributed by atoms with Gasteiger partial charge in [0.2, 0.25) is 6.10 Å². The van der Waals surface area contributed by atoms with E-state index in [-0.39, 0.29) is 0 Å². The third-order valence-corrected chi connectivity index (χ3v) is 0.950. The van der Waals surface area contributed by atoms with Crippen LogP contribution in [0.3, 0.4) is 0 Å². The van der Waals surface area contributed by atoms with Gasteiger partial charge in [-0.3, -0.25) is 4.79 Å². The molecule has 0 heterocycles. The Balaban J connectivity index is 4.25. The van der Waals surface area contributed by atoms with Crippen molar-refractivity contribution in [1.82, 2.24) is 0 Å². The molecule has 0 saturated heterocycles. The molecule has 1 atom stereocenters. The summed E-state index contributed by atoms with van der Waals surface area (Å²) in [6, 6.07) is 1.28. The molecule has 1 unspecified atom stereocenters. The minimum Gasteiger partial charge on any atom is -0.452 e. The van der Waals surface area contributed by atoms with Crippen molar-refractivity contribution in [2.24, 2.45) is 0 Å². The van der Waals surface area contributed by atoms with E-state index in [1.165, 1.54) is 6.07 Å². The van der Waals surface area contributed by atoms with Gasteiger partial charge in [-0.2, -0.15) is 18.4 Å². The second-order valence-electron chi connectivity index (χ2n) is 2.00. The number of rotatable bonds is 2. The number of hydrogen-bond acceptors (Lipinski definition) is 3. The van der Waals surface area contributed by atoms with E-state index in [1.807, 2.05) is 0 Å². The van der Waals surface area contributed by atoms with E-state index in [4.69, 9.17) is 5.26 Å². The van der Waals surface area contributed by atoms with Crippen LogP contribution in [-0.2, 0) is 9.53 Å². The van der Waals surface area contributed by atoms with E-state index in [0.29, 0.717) is 0 Å². The lowest BCUT2D eigenvalue weighted by Gasteiger charge is -2.16. The zero-order valence-electron chi connectivity index (χ0n) is 6.18. The van der Waals surface area contributed by atoms with Gasteiger partial charge in [0.25, 0.3) is 0 Å². The van der Waals surface area contributed by atoms with Crippen molar-refractivity contribution in [2.45, 2.75) is 25.6 Å². The first-order valence-electron chi connectivity index (χ1n) is 2.98. The Morgan fingerprint density at radius 2 is 2.17 bits per heavy atom. The summed E-state index contributed by atoms with van der Waals surface area (Å²) in [6.07, 6.45) is -7.84. The van der Waals surface area contributed by atoms with Crippen LogP contribution >= 0.6 is 0 Å². The lowest BCUT2D eigenvalue weighted by molar-refractivity contribution is -0.218. The molecule has 12 heavy (non-hydrogen) atoms. The lowest BCUT2D eigenvalue weighted by Crippen LogP contribution is -2.32. The SMILES string of the molecule is CC(=O)OC(CC#N)C(F)(F)F. The molecule has 0 aromatic rings. The van der Waals surface area contributed by atoms with Gasteiger partial charge in [0.1, 0.15) is 0 Å². The second-order valence-corrected chi connectivity index (χ2v) is 2.00. The Morgan fingerprint density at radius 1 is 1.67 bits per heavy atom. The predicted molar refractivity (Wildman–Crippen MR) is 31.8 cm³/mol. The Labute approximate surface area is 66.7 Å². The van der Waals surface area contributed by atoms with Crippen LogP contribution in [0.15, 0.2) is 0 Å². The van der Waals surface area contributed by atoms with Crippen molar-refractivity contribution in [2.75, 3.05) is 0 Å². The van der Waals surface area contributed by atoms with Gasteiger partial charge in [-0.15, -0.1) is 0 Å². The molecule has 0 spiro atoms. The number of carbonyl (C=O) groups is 1. The van der Waals surface area contributed by atoms with Gasteiger partial charge in [-0.25, -0.2) is 0 Å². The average molecular weight is 181 g/mol. The molecule has 0 bridgehead atoms. The van der Waals surface area contributed by atoms with E-state index < -0.39 is 24.7 Å². The predicted octanol–water partition coefficient (Wildman–Crippen LogP) is 1.39. The summed E-state index contributed by atoms with van der Waals surface area (Å²) in [7, 11) is 0. The molecule has 0 aromatic heterocycles. The van der Waals surface area contributed by atoms with Crippen molar-refractivity contribution >= 4 is 5.97 Å². The topological polar surface area (TPSA) is 50.1 Å². The fourth-order valence-electron chi connectivity index (χ4n) is 0.507. The van der Waals surface area contributed by atoms with Crippen LogP contribution in [0.4, 0.5) is 13.2 Å². The van der Waals surface area contributed by atoms with E-state index in [1.54, 1.807) is 0 Å². The number of hydrogen-bond donors (Lipinski definition) is 0. The Hall–Kier alpha value is -1.25. The van der Waals surface area contributed by atoms with Crippen LogP contribution in [-0.4, -0.2) is 18.2 Å². The highest BCUT2D eigenvalue weighted by Crippen LogP contribution is 2.24. The summed E-state index contributed by atoms with van der Waals surface area (Å²) in [5.74, 6) is -1.05. The Kier molecular flexibility index (Phi) is 3.54. The number of carbonyl (C=O) groups excluding carboxylic acids is 1. The zero-order chi connectivity index (χ0) is 9.78. The molecule has 0 radical (unpaired) electrons. The molecule has 0 N–H and O–H groups in total. The third kappa shape index (κ3) is 3.81. The number of nitriles is 1. The number of esters is 1. The van der Waals surface area contributed by atoms with Crippen LogP contribution in [0.25, 0.3) is 0 Å². The Morgan fingerprint density at radius 3 is 2.42 bits per heavy atom. The molecule has 0 rings (SSSR count). The highest BCUT2D eigenvalue weighted by Gasteiger charge is 2.42. The van der Waals surface area contributed by atoms with E-state index >= 15 is 0 Å². The average Bonchev–Trinajstić information content (AvgIpc) is 1.83. The van der Waals surface area contributed by atoms with Crippen LogP contribution in [0.1, 0.15) is 13.3 Å². The number of nitrogens with zero attached hydrogens (tertiary/aromatic N) is 1. The smallest absolute Gasteiger partial charge is 0.426 e. The van der Waals surface area contributed by atoms with E-state index in [2.05, 4.69) is 4.74 Å². The van der Waals surface area contributed by atoms with Gasteiger partial charge in [0, 0.05) is 6.92 Å². The summed E-state index contributed by atoms with van der Waals surface area (Å²) in [5, 5.41) is 7.97. The van der Waals surface area contributed by atoms with Crippen LogP contribution in [0.2, 0.25) is 0 Å². The lowest BCUT2D eigenvalue weighted by atomic mass is 10.2. The van der Waals surface area contributed by atoms with Crippen molar-refractivity contribution in [1.29, 1.82) is 5.26 Å². The standard InChI is InChI=1S/C6H6F3NO2/c1-4(11)12-5(2-3-10)6(7,8)9/h5H,2H2,1H3. The first-order chi connectivity index (χ1) is 5.38. The summed E-state index contributed by atoms with van der Waals surface area (Å²) in [5.41, 5.74) is 0. The van der Waals surface area contributed by atoms with Gasteiger partial charge in [0.05, 0.1) is 12.5 Å². The molecule has 0 aliphatic rings. The van der Waals surface area contributed by atoms with Crippen molar-refractivity contribution in [3.05, 3.63) is 0 Å².